The average molecular weight is 410 g/mol. The van der Waals surface area contributed by atoms with E-state index in [-0.39, 0.29) is 36.8 Å². The summed E-state index contributed by atoms with van der Waals surface area (Å²) >= 11 is 0. The molecule has 1 unspecified atom stereocenters. The van der Waals surface area contributed by atoms with Gasteiger partial charge in [0, 0.05) is 12.8 Å². The molecule has 3 N–H and O–H groups in total. The number of carbonyl (C=O) groups is 6. The quantitative estimate of drug-likeness (QED) is 0.278. The van der Waals surface area contributed by atoms with Crippen LogP contribution in [0.2, 0.25) is 0 Å². The number of benzene rings is 1. The maximum absolute atomic E-state index is 11.8. The largest absolute Gasteiger partial charge is 0.481 e. The minimum Gasteiger partial charge on any atom is -0.481 e. The summed E-state index contributed by atoms with van der Waals surface area (Å²) in [6.07, 6.45) is -3.05. The van der Waals surface area contributed by atoms with Gasteiger partial charge >= 0.3 is 35.8 Å². The lowest BCUT2D eigenvalue weighted by Crippen LogP contribution is -2.29. The number of carboxylic acid groups (broad SMARTS) is 2. The molecule has 1 aromatic rings. The number of esters is 4. The fourth-order valence-corrected chi connectivity index (χ4v) is 1.97. The van der Waals surface area contributed by atoms with Crippen LogP contribution in [0, 0.1) is 0 Å². The van der Waals surface area contributed by atoms with E-state index in [0.29, 0.717) is 0 Å². The van der Waals surface area contributed by atoms with E-state index in [1.165, 1.54) is 0 Å². The van der Waals surface area contributed by atoms with Crippen LogP contribution in [0.5, 0.6) is 0 Å². The second-order valence-corrected chi connectivity index (χ2v) is 5.76. The molecule has 0 heterocycles. The predicted octanol–water partition coefficient (Wildman–Crippen LogP) is 0.534. The molecule has 11 heteroatoms. The van der Waals surface area contributed by atoms with E-state index in [4.69, 9.17) is 10.2 Å². The Bertz CT molecular complexity index is 795. The molecule has 0 aliphatic heterocycles. The smallest absolute Gasteiger partial charge is 0.345 e. The second kappa shape index (κ2) is 11.3. The molecule has 11 nitrogen and oxygen atoms in total. The first kappa shape index (κ1) is 23.4. The average Bonchev–Trinajstić information content (AvgIpc) is 2.64. The summed E-state index contributed by atoms with van der Waals surface area (Å²) in [6, 6.07) is 4.48. The number of aromatic carboxylic acids is 1. The van der Waals surface area contributed by atoms with Crippen molar-refractivity contribution >= 4 is 35.8 Å². The SMILES string of the molecule is O=C(O)CCCCC(=O)OC(=O)C(O)CC(=O)OC(=O)c1ccc(C(=O)O)cc1. The first-order chi connectivity index (χ1) is 13.6. The minimum absolute atomic E-state index is 0.0846. The van der Waals surface area contributed by atoms with E-state index < -0.39 is 48.3 Å². The maximum atomic E-state index is 11.8. The number of aliphatic hydroxyl groups is 1. The molecule has 29 heavy (non-hydrogen) atoms. The summed E-state index contributed by atoms with van der Waals surface area (Å²) in [6.45, 7) is 0. The highest BCUT2D eigenvalue weighted by atomic mass is 16.6. The van der Waals surface area contributed by atoms with Crippen LogP contribution in [0.3, 0.4) is 0 Å². The highest BCUT2D eigenvalue weighted by Crippen LogP contribution is 2.08. The highest BCUT2D eigenvalue weighted by molar-refractivity contribution is 5.99. The number of ether oxygens (including phenoxy) is 2. The van der Waals surface area contributed by atoms with Crippen molar-refractivity contribution in [2.45, 2.75) is 38.2 Å². The third-order valence-electron chi connectivity index (χ3n) is 3.44. The predicted molar refractivity (Wildman–Crippen MR) is 91.7 cm³/mol. The van der Waals surface area contributed by atoms with Gasteiger partial charge in [-0.25, -0.2) is 14.4 Å². The van der Waals surface area contributed by atoms with E-state index in [0.717, 1.165) is 24.3 Å². The summed E-state index contributed by atoms with van der Waals surface area (Å²) in [7, 11) is 0. The van der Waals surface area contributed by atoms with Crippen molar-refractivity contribution in [2.24, 2.45) is 0 Å². The van der Waals surface area contributed by atoms with Crippen molar-refractivity contribution in [3.63, 3.8) is 0 Å². The zero-order valence-corrected chi connectivity index (χ0v) is 15.0. The van der Waals surface area contributed by atoms with Gasteiger partial charge in [-0.05, 0) is 37.1 Å². The second-order valence-electron chi connectivity index (χ2n) is 5.76. The van der Waals surface area contributed by atoms with Crippen LogP contribution in [-0.4, -0.2) is 57.2 Å². The van der Waals surface area contributed by atoms with Crippen LogP contribution in [0.15, 0.2) is 24.3 Å². The van der Waals surface area contributed by atoms with Crippen LogP contribution in [0.4, 0.5) is 0 Å². The topological polar surface area (TPSA) is 182 Å². The summed E-state index contributed by atoms with van der Waals surface area (Å²) in [5, 5.41) is 26.8. The molecule has 156 valence electrons. The molecular weight excluding hydrogens is 392 g/mol. The third-order valence-corrected chi connectivity index (χ3v) is 3.44. The Morgan fingerprint density at radius 3 is 1.90 bits per heavy atom. The summed E-state index contributed by atoms with van der Waals surface area (Å²) < 4.78 is 8.75. The Labute approximate surface area is 163 Å². The third kappa shape index (κ3) is 8.75. The molecule has 0 spiro atoms. The van der Waals surface area contributed by atoms with Gasteiger partial charge in [-0.15, -0.1) is 0 Å². The molecule has 0 aliphatic carbocycles. The summed E-state index contributed by atoms with van der Waals surface area (Å²) in [4.78, 5) is 67.4. The lowest BCUT2D eigenvalue weighted by Gasteiger charge is -2.09. The number of carbonyl (C=O) groups excluding carboxylic acids is 4. The number of hydrogen-bond acceptors (Lipinski definition) is 9. The Balaban J connectivity index is 2.43. The van der Waals surface area contributed by atoms with Crippen molar-refractivity contribution in [1.29, 1.82) is 0 Å². The van der Waals surface area contributed by atoms with Gasteiger partial charge in [0.2, 0.25) is 0 Å². The fraction of sp³-hybridized carbons (Fsp3) is 0.333. The number of rotatable bonds is 10. The van der Waals surface area contributed by atoms with Gasteiger partial charge < -0.3 is 24.8 Å². The van der Waals surface area contributed by atoms with Gasteiger partial charge in [0.05, 0.1) is 17.5 Å². The molecular formula is C18H18O11. The zero-order valence-electron chi connectivity index (χ0n) is 15.0. The lowest BCUT2D eigenvalue weighted by molar-refractivity contribution is -0.168. The summed E-state index contributed by atoms with van der Waals surface area (Å²) in [5.74, 6) is -7.04. The zero-order chi connectivity index (χ0) is 22.0. The van der Waals surface area contributed by atoms with Crippen molar-refractivity contribution in [3.8, 4) is 0 Å². The lowest BCUT2D eigenvalue weighted by atomic mass is 10.1. The molecule has 1 rings (SSSR count). The standard InChI is InChI=1S/C18H18O11/c19-12(18(27)28-14(22)4-2-1-3-13(20)21)9-15(23)29-17(26)11-7-5-10(6-8-11)16(24)25/h5-8,12,19H,1-4,9H2,(H,20,21)(H,24,25). The van der Waals surface area contributed by atoms with Crippen molar-refractivity contribution in [3.05, 3.63) is 35.4 Å². The van der Waals surface area contributed by atoms with Gasteiger partial charge in [-0.1, -0.05) is 0 Å². The molecule has 1 atom stereocenters. The summed E-state index contributed by atoms with van der Waals surface area (Å²) in [5.41, 5.74) is -0.212. The number of unbranched alkanes of at least 4 members (excludes halogenated alkanes) is 1. The van der Waals surface area contributed by atoms with Crippen molar-refractivity contribution in [1.82, 2.24) is 0 Å². The number of aliphatic hydroxyl groups excluding tert-OH is 1. The maximum Gasteiger partial charge on any atom is 0.345 e. The molecule has 0 radical (unpaired) electrons. The van der Waals surface area contributed by atoms with Gasteiger partial charge in [-0.2, -0.15) is 0 Å². The minimum atomic E-state index is -2.05. The van der Waals surface area contributed by atoms with Crippen LogP contribution in [-0.2, 0) is 28.7 Å². The molecule has 0 fully saturated rings. The molecule has 0 aromatic heterocycles. The molecule has 0 amide bonds. The van der Waals surface area contributed by atoms with Gasteiger partial charge in [-0.3, -0.25) is 14.4 Å². The number of aliphatic carboxylic acids is 1. The highest BCUT2D eigenvalue weighted by Gasteiger charge is 2.25. The Morgan fingerprint density at radius 2 is 1.34 bits per heavy atom. The van der Waals surface area contributed by atoms with Crippen LogP contribution in [0.1, 0.15) is 52.8 Å². The van der Waals surface area contributed by atoms with Gasteiger partial charge in [0.25, 0.3) is 0 Å². The van der Waals surface area contributed by atoms with Crippen LogP contribution >= 0.6 is 0 Å². The van der Waals surface area contributed by atoms with Gasteiger partial charge in [0.15, 0.2) is 6.10 Å². The molecule has 0 aliphatic rings. The van der Waals surface area contributed by atoms with Crippen molar-refractivity contribution < 1.29 is 53.6 Å². The normalized spacial score (nSPS) is 11.2. The number of carboxylic acids is 2. The van der Waals surface area contributed by atoms with E-state index in [1.807, 2.05) is 0 Å². The Hall–Kier alpha value is -3.60. The monoisotopic (exact) mass is 410 g/mol. The first-order valence-electron chi connectivity index (χ1n) is 8.33. The van der Waals surface area contributed by atoms with E-state index in [9.17, 15) is 33.9 Å². The van der Waals surface area contributed by atoms with Gasteiger partial charge in [0.1, 0.15) is 0 Å². The molecule has 0 bridgehead atoms. The Kier molecular flexibility index (Phi) is 9.13. The van der Waals surface area contributed by atoms with E-state index >= 15 is 0 Å². The van der Waals surface area contributed by atoms with Crippen molar-refractivity contribution in [2.75, 3.05) is 0 Å². The number of hydrogen-bond donors (Lipinski definition) is 3. The van der Waals surface area contributed by atoms with Crippen LogP contribution < -0.4 is 0 Å². The van der Waals surface area contributed by atoms with E-state index in [2.05, 4.69) is 9.47 Å². The molecule has 0 saturated carbocycles. The fourth-order valence-electron chi connectivity index (χ4n) is 1.97. The first-order valence-corrected chi connectivity index (χ1v) is 8.33. The molecule has 1 aromatic carbocycles. The molecule has 0 saturated heterocycles. The Morgan fingerprint density at radius 1 is 0.793 bits per heavy atom. The van der Waals surface area contributed by atoms with Crippen LogP contribution in [0.25, 0.3) is 0 Å². The van der Waals surface area contributed by atoms with E-state index in [1.54, 1.807) is 0 Å².